The van der Waals surface area contributed by atoms with Crippen LogP contribution in [0.5, 0.6) is 0 Å². The van der Waals surface area contributed by atoms with Crippen LogP contribution >= 0.6 is 0 Å². The van der Waals surface area contributed by atoms with Gasteiger partial charge in [0, 0.05) is 19.5 Å². The molecule has 1 aliphatic heterocycles. The first-order valence-electron chi connectivity index (χ1n) is 8.90. The molecule has 1 N–H and O–H groups in total. The van der Waals surface area contributed by atoms with Gasteiger partial charge in [0.1, 0.15) is 0 Å². The average molecular weight is 331 g/mol. The molecular weight excluding hydrogens is 302 g/mol. The van der Waals surface area contributed by atoms with Gasteiger partial charge >= 0.3 is 5.97 Å². The van der Waals surface area contributed by atoms with Crippen molar-refractivity contribution in [2.75, 3.05) is 13.1 Å². The predicted octanol–water partition coefficient (Wildman–Crippen LogP) is 3.87. The fourth-order valence-corrected chi connectivity index (χ4v) is 3.46. The van der Waals surface area contributed by atoms with Crippen LogP contribution in [0, 0.1) is 11.8 Å². The summed E-state index contributed by atoms with van der Waals surface area (Å²) < 4.78 is 0. The number of carbonyl (C=O) groups is 2. The van der Waals surface area contributed by atoms with Crippen LogP contribution in [0.3, 0.4) is 0 Å². The average Bonchev–Trinajstić information content (AvgIpc) is 2.54. The monoisotopic (exact) mass is 331 g/mol. The zero-order valence-corrected chi connectivity index (χ0v) is 15.2. The summed E-state index contributed by atoms with van der Waals surface area (Å²) in [4.78, 5) is 25.6. The molecule has 0 bridgehead atoms. The van der Waals surface area contributed by atoms with Gasteiger partial charge in [0.15, 0.2) is 0 Å². The smallest absolute Gasteiger partial charge is 0.306 e. The van der Waals surface area contributed by atoms with Gasteiger partial charge in [-0.1, -0.05) is 52.0 Å². The summed E-state index contributed by atoms with van der Waals surface area (Å²) in [7, 11) is 0. The van der Waals surface area contributed by atoms with Crippen molar-refractivity contribution < 1.29 is 14.7 Å². The van der Waals surface area contributed by atoms with Crippen molar-refractivity contribution in [3.05, 3.63) is 35.4 Å². The number of hydrogen-bond donors (Lipinski definition) is 1. The number of likely N-dealkylation sites (tertiary alicyclic amines) is 1. The first kappa shape index (κ1) is 18.5. The predicted molar refractivity (Wildman–Crippen MR) is 95.0 cm³/mol. The normalized spacial score (nSPS) is 22.5. The summed E-state index contributed by atoms with van der Waals surface area (Å²) >= 11 is 0. The van der Waals surface area contributed by atoms with Gasteiger partial charge in [-0.15, -0.1) is 0 Å². The molecule has 1 aromatic rings. The Hall–Kier alpha value is -1.84. The summed E-state index contributed by atoms with van der Waals surface area (Å²) in [6.45, 7) is 9.45. The lowest BCUT2D eigenvalue weighted by Gasteiger charge is -2.35. The Morgan fingerprint density at radius 1 is 1.17 bits per heavy atom. The summed E-state index contributed by atoms with van der Waals surface area (Å²) in [5, 5.41) is 9.19. The number of carbonyl (C=O) groups excluding carboxylic acids is 1. The van der Waals surface area contributed by atoms with E-state index in [4.69, 9.17) is 0 Å². The Bertz CT molecular complexity index is 579. The summed E-state index contributed by atoms with van der Waals surface area (Å²) in [5.41, 5.74) is 2.49. The second-order valence-electron chi connectivity index (χ2n) is 7.48. The molecule has 2 rings (SSSR count). The maximum absolute atomic E-state index is 12.6. The van der Waals surface area contributed by atoms with Crippen LogP contribution < -0.4 is 0 Å². The number of piperidine rings is 1. The third kappa shape index (κ3) is 4.37. The lowest BCUT2D eigenvalue weighted by atomic mass is 9.86. The van der Waals surface area contributed by atoms with E-state index in [2.05, 4.69) is 45.0 Å². The quantitative estimate of drug-likeness (QED) is 0.891. The maximum atomic E-state index is 12.6. The molecule has 4 heteroatoms. The van der Waals surface area contributed by atoms with E-state index in [0.29, 0.717) is 31.8 Å². The second-order valence-corrected chi connectivity index (χ2v) is 7.48. The topological polar surface area (TPSA) is 57.6 Å². The number of carboxylic acid groups (broad SMARTS) is 1. The van der Waals surface area contributed by atoms with Crippen LogP contribution in [0.4, 0.5) is 0 Å². The van der Waals surface area contributed by atoms with Crippen molar-refractivity contribution in [1.82, 2.24) is 4.90 Å². The molecule has 0 aliphatic carbocycles. The van der Waals surface area contributed by atoms with E-state index in [1.54, 1.807) is 0 Å². The molecule has 1 fully saturated rings. The number of benzene rings is 1. The molecule has 0 spiro atoms. The molecule has 3 atom stereocenters. The minimum Gasteiger partial charge on any atom is -0.481 e. The van der Waals surface area contributed by atoms with E-state index >= 15 is 0 Å². The minimum atomic E-state index is -0.742. The van der Waals surface area contributed by atoms with E-state index in [0.717, 1.165) is 0 Å². The van der Waals surface area contributed by atoms with Gasteiger partial charge in [-0.05, 0) is 35.3 Å². The molecule has 24 heavy (non-hydrogen) atoms. The molecule has 1 aromatic carbocycles. The molecular formula is C20H29NO3. The van der Waals surface area contributed by atoms with Crippen LogP contribution in [-0.2, 0) is 9.59 Å². The molecule has 1 aliphatic rings. The third-order valence-electron chi connectivity index (χ3n) is 5.23. The van der Waals surface area contributed by atoms with Gasteiger partial charge in [-0.2, -0.15) is 0 Å². The molecule has 0 aromatic heterocycles. The Kier molecular flexibility index (Phi) is 6.03. The highest BCUT2D eigenvalue weighted by Crippen LogP contribution is 2.27. The molecule has 132 valence electrons. The van der Waals surface area contributed by atoms with Crippen LogP contribution in [0.15, 0.2) is 24.3 Å². The van der Waals surface area contributed by atoms with Gasteiger partial charge in [0.05, 0.1) is 5.92 Å². The Morgan fingerprint density at radius 3 is 2.25 bits per heavy atom. The highest BCUT2D eigenvalue weighted by Gasteiger charge is 2.33. The number of carboxylic acids is 1. The standard InChI is InChI=1S/C20H29NO3/c1-13(2)16-5-7-17(8-6-16)14(3)11-19(22)21-10-9-18(20(23)24)15(4)12-21/h5-8,13-15,18H,9-12H2,1-4H3,(H,23,24). The van der Waals surface area contributed by atoms with Gasteiger partial charge < -0.3 is 10.0 Å². The third-order valence-corrected chi connectivity index (χ3v) is 5.23. The van der Waals surface area contributed by atoms with Gasteiger partial charge in [-0.25, -0.2) is 0 Å². The van der Waals surface area contributed by atoms with Gasteiger partial charge in [0.2, 0.25) is 5.91 Å². The highest BCUT2D eigenvalue weighted by atomic mass is 16.4. The van der Waals surface area contributed by atoms with Gasteiger partial charge in [-0.3, -0.25) is 9.59 Å². The van der Waals surface area contributed by atoms with Crippen molar-refractivity contribution in [3.63, 3.8) is 0 Å². The lowest BCUT2D eigenvalue weighted by molar-refractivity contribution is -0.148. The number of aliphatic carboxylic acids is 1. The minimum absolute atomic E-state index is 0.0147. The Labute approximate surface area is 144 Å². The SMILES string of the molecule is CC(C)c1ccc(C(C)CC(=O)N2CCC(C(=O)O)C(C)C2)cc1. The van der Waals surface area contributed by atoms with E-state index in [-0.39, 0.29) is 23.7 Å². The molecule has 3 unspecified atom stereocenters. The lowest BCUT2D eigenvalue weighted by Crippen LogP contribution is -2.45. The largest absolute Gasteiger partial charge is 0.481 e. The fraction of sp³-hybridized carbons (Fsp3) is 0.600. The second kappa shape index (κ2) is 7.82. The van der Waals surface area contributed by atoms with Crippen molar-refractivity contribution in [2.24, 2.45) is 11.8 Å². The number of amides is 1. The zero-order valence-electron chi connectivity index (χ0n) is 15.2. The van der Waals surface area contributed by atoms with E-state index in [1.165, 1.54) is 11.1 Å². The van der Waals surface area contributed by atoms with E-state index in [9.17, 15) is 14.7 Å². The number of nitrogens with zero attached hydrogens (tertiary/aromatic N) is 1. The van der Waals surface area contributed by atoms with Crippen LogP contribution in [0.2, 0.25) is 0 Å². The fourth-order valence-electron chi connectivity index (χ4n) is 3.46. The molecule has 1 amide bonds. The van der Waals surface area contributed by atoms with Crippen molar-refractivity contribution >= 4 is 11.9 Å². The van der Waals surface area contributed by atoms with Crippen molar-refractivity contribution in [1.29, 1.82) is 0 Å². The van der Waals surface area contributed by atoms with E-state index in [1.807, 2.05) is 11.8 Å². The van der Waals surface area contributed by atoms with Crippen LogP contribution in [-0.4, -0.2) is 35.0 Å². The molecule has 4 nitrogen and oxygen atoms in total. The highest BCUT2D eigenvalue weighted by molar-refractivity contribution is 5.78. The summed E-state index contributed by atoms with van der Waals surface area (Å²) in [6, 6.07) is 8.52. The summed E-state index contributed by atoms with van der Waals surface area (Å²) in [6.07, 6.45) is 1.03. The first-order chi connectivity index (χ1) is 11.3. The van der Waals surface area contributed by atoms with Crippen molar-refractivity contribution in [3.8, 4) is 0 Å². The van der Waals surface area contributed by atoms with E-state index < -0.39 is 5.97 Å². The maximum Gasteiger partial charge on any atom is 0.306 e. The summed E-state index contributed by atoms with van der Waals surface area (Å²) in [5.74, 6) is -0.241. The number of rotatable bonds is 5. The molecule has 1 saturated heterocycles. The molecule has 1 heterocycles. The first-order valence-corrected chi connectivity index (χ1v) is 8.90. The van der Waals surface area contributed by atoms with Crippen LogP contribution in [0.25, 0.3) is 0 Å². The Morgan fingerprint density at radius 2 is 1.75 bits per heavy atom. The number of hydrogen-bond acceptors (Lipinski definition) is 2. The Balaban J connectivity index is 1.93. The zero-order chi connectivity index (χ0) is 17.9. The van der Waals surface area contributed by atoms with Gasteiger partial charge in [0.25, 0.3) is 0 Å². The van der Waals surface area contributed by atoms with Crippen molar-refractivity contribution in [2.45, 2.75) is 52.4 Å². The molecule has 0 saturated carbocycles. The van der Waals surface area contributed by atoms with Crippen LogP contribution in [0.1, 0.15) is 63.5 Å². The molecule has 0 radical (unpaired) electrons.